The van der Waals surface area contributed by atoms with Crippen LogP contribution in [0, 0.1) is 6.92 Å². The number of aromatic nitrogens is 6. The Bertz CT molecular complexity index is 1070. The first-order chi connectivity index (χ1) is 13.7. The number of anilines is 1. The van der Waals surface area contributed by atoms with Crippen molar-refractivity contribution in [2.45, 2.75) is 45.7 Å². The molecular formula is C20H28N8O. The molecule has 0 amide bonds. The molecule has 3 aromatic rings. The van der Waals surface area contributed by atoms with E-state index in [0.717, 1.165) is 42.6 Å². The van der Waals surface area contributed by atoms with Crippen LogP contribution in [0.15, 0.2) is 29.3 Å². The van der Waals surface area contributed by atoms with Gasteiger partial charge in [0.25, 0.3) is 5.56 Å². The maximum Gasteiger partial charge on any atom is 0.253 e. The quantitative estimate of drug-likeness (QED) is 0.639. The number of nitrogens with zero attached hydrogens (tertiary/aromatic N) is 8. The predicted molar refractivity (Wildman–Crippen MR) is 111 cm³/mol. The zero-order valence-electron chi connectivity index (χ0n) is 17.7. The van der Waals surface area contributed by atoms with Crippen LogP contribution in [0.3, 0.4) is 0 Å². The van der Waals surface area contributed by atoms with E-state index < -0.39 is 0 Å². The van der Waals surface area contributed by atoms with E-state index >= 15 is 0 Å². The third-order valence-electron chi connectivity index (χ3n) is 5.44. The molecule has 1 fully saturated rings. The summed E-state index contributed by atoms with van der Waals surface area (Å²) in [5, 5.41) is 13.3. The maximum atomic E-state index is 12.0. The van der Waals surface area contributed by atoms with Gasteiger partial charge in [-0.25, -0.2) is 4.98 Å². The highest BCUT2D eigenvalue weighted by Gasteiger charge is 2.31. The molecule has 0 bridgehead atoms. The highest BCUT2D eigenvalue weighted by Crippen LogP contribution is 2.24. The topological polar surface area (TPSA) is 84.5 Å². The molecule has 9 heteroatoms. The van der Waals surface area contributed by atoms with E-state index in [2.05, 4.69) is 52.8 Å². The molecule has 0 aromatic carbocycles. The second kappa shape index (κ2) is 7.22. The SMILES string of the molecule is Cc1cc(=O)n(CCN(C)C2CN(c3ccc4nnc(C(C)(C)C)n4n3)C2)cn1. The fourth-order valence-electron chi connectivity index (χ4n) is 3.47. The van der Waals surface area contributed by atoms with Gasteiger partial charge < -0.3 is 4.90 Å². The van der Waals surface area contributed by atoms with Crippen molar-refractivity contribution in [1.29, 1.82) is 0 Å². The highest BCUT2D eigenvalue weighted by molar-refractivity contribution is 5.48. The van der Waals surface area contributed by atoms with Crippen molar-refractivity contribution in [3.63, 3.8) is 0 Å². The van der Waals surface area contributed by atoms with Crippen molar-refractivity contribution >= 4 is 11.5 Å². The molecule has 0 unspecified atom stereocenters. The smallest absolute Gasteiger partial charge is 0.253 e. The fraction of sp³-hybridized carbons (Fsp3) is 0.550. The lowest BCUT2D eigenvalue weighted by atomic mass is 9.96. The zero-order valence-corrected chi connectivity index (χ0v) is 17.7. The minimum Gasteiger partial charge on any atom is -0.352 e. The summed E-state index contributed by atoms with van der Waals surface area (Å²) in [4.78, 5) is 20.8. The first-order valence-electron chi connectivity index (χ1n) is 9.93. The molecule has 0 saturated carbocycles. The number of aryl methyl sites for hydroxylation is 1. The van der Waals surface area contributed by atoms with Gasteiger partial charge in [0.15, 0.2) is 11.5 Å². The van der Waals surface area contributed by atoms with Crippen molar-refractivity contribution in [2.75, 3.05) is 31.6 Å². The van der Waals surface area contributed by atoms with E-state index in [0.29, 0.717) is 12.6 Å². The van der Waals surface area contributed by atoms with Crippen LogP contribution in [0.1, 0.15) is 32.3 Å². The summed E-state index contributed by atoms with van der Waals surface area (Å²) in [5.41, 5.74) is 1.40. The van der Waals surface area contributed by atoms with Crippen LogP contribution in [-0.2, 0) is 12.0 Å². The van der Waals surface area contributed by atoms with E-state index in [1.54, 1.807) is 17.0 Å². The average molecular weight is 396 g/mol. The summed E-state index contributed by atoms with van der Waals surface area (Å²) >= 11 is 0. The molecule has 3 aromatic heterocycles. The normalized spacial score (nSPS) is 15.3. The molecule has 0 radical (unpaired) electrons. The number of rotatable bonds is 5. The zero-order chi connectivity index (χ0) is 20.8. The standard InChI is InChI=1S/C20H28N8O/c1-14-10-18(29)26(13-21-14)9-8-25(5)15-11-27(12-15)17-7-6-16-22-23-19(20(2,3)4)28(16)24-17/h6-7,10,13,15H,8-9,11-12H2,1-5H3. The van der Waals surface area contributed by atoms with Crippen molar-refractivity contribution in [3.8, 4) is 0 Å². The first kappa shape index (κ1) is 19.5. The van der Waals surface area contributed by atoms with Gasteiger partial charge >= 0.3 is 0 Å². The molecule has 0 N–H and O–H groups in total. The van der Waals surface area contributed by atoms with E-state index in [1.165, 1.54) is 0 Å². The van der Waals surface area contributed by atoms with Crippen LogP contribution >= 0.6 is 0 Å². The minimum atomic E-state index is -0.119. The lowest BCUT2D eigenvalue weighted by Crippen LogP contribution is -2.59. The Kier molecular flexibility index (Phi) is 4.85. The van der Waals surface area contributed by atoms with Gasteiger partial charge in [0.2, 0.25) is 0 Å². The average Bonchev–Trinajstić information content (AvgIpc) is 3.03. The van der Waals surface area contributed by atoms with Gasteiger partial charge in [-0.1, -0.05) is 20.8 Å². The van der Waals surface area contributed by atoms with Gasteiger partial charge in [-0.05, 0) is 26.1 Å². The van der Waals surface area contributed by atoms with Gasteiger partial charge in [0.05, 0.1) is 6.33 Å². The number of fused-ring (bicyclic) bond motifs is 1. The van der Waals surface area contributed by atoms with E-state index in [-0.39, 0.29) is 11.0 Å². The maximum absolute atomic E-state index is 12.0. The number of hydrogen-bond donors (Lipinski definition) is 0. The predicted octanol–water partition coefficient (Wildman–Crippen LogP) is 1.11. The fourth-order valence-corrected chi connectivity index (χ4v) is 3.47. The van der Waals surface area contributed by atoms with E-state index in [1.807, 2.05) is 23.6 Å². The van der Waals surface area contributed by atoms with Crippen molar-refractivity contribution in [2.24, 2.45) is 0 Å². The van der Waals surface area contributed by atoms with Crippen molar-refractivity contribution < 1.29 is 0 Å². The monoisotopic (exact) mass is 396 g/mol. The molecule has 1 aliphatic heterocycles. The van der Waals surface area contributed by atoms with Gasteiger partial charge in [-0.15, -0.1) is 15.3 Å². The number of likely N-dealkylation sites (N-methyl/N-ethyl adjacent to an activating group) is 1. The summed E-state index contributed by atoms with van der Waals surface area (Å²) in [5.74, 6) is 1.80. The molecule has 29 heavy (non-hydrogen) atoms. The van der Waals surface area contributed by atoms with Gasteiger partial charge in [-0.3, -0.25) is 14.3 Å². The molecule has 4 rings (SSSR count). The van der Waals surface area contributed by atoms with E-state index in [4.69, 9.17) is 5.10 Å². The third kappa shape index (κ3) is 3.87. The Labute approximate surface area is 170 Å². The van der Waals surface area contributed by atoms with Gasteiger partial charge in [0.1, 0.15) is 5.82 Å². The highest BCUT2D eigenvalue weighted by atomic mass is 16.1. The summed E-state index contributed by atoms with van der Waals surface area (Å²) < 4.78 is 3.51. The second-order valence-electron chi connectivity index (χ2n) is 8.84. The minimum absolute atomic E-state index is 0.00207. The van der Waals surface area contributed by atoms with Crippen LogP contribution in [-0.4, -0.2) is 67.0 Å². The summed E-state index contributed by atoms with van der Waals surface area (Å²) in [6.45, 7) is 11.4. The van der Waals surface area contributed by atoms with E-state index in [9.17, 15) is 4.79 Å². The summed E-state index contributed by atoms with van der Waals surface area (Å²) in [6, 6.07) is 5.98. The van der Waals surface area contributed by atoms with Gasteiger partial charge in [-0.2, -0.15) is 4.52 Å². The van der Waals surface area contributed by atoms with Crippen molar-refractivity contribution in [1.82, 2.24) is 34.3 Å². The Morgan fingerprint density at radius 1 is 1.21 bits per heavy atom. The lowest BCUT2D eigenvalue weighted by molar-refractivity contribution is 0.196. The van der Waals surface area contributed by atoms with Crippen LogP contribution in [0.4, 0.5) is 5.82 Å². The lowest BCUT2D eigenvalue weighted by Gasteiger charge is -2.44. The molecule has 0 atom stereocenters. The largest absolute Gasteiger partial charge is 0.352 e. The number of hydrogen-bond acceptors (Lipinski definition) is 7. The molecule has 0 spiro atoms. The summed E-state index contributed by atoms with van der Waals surface area (Å²) in [7, 11) is 2.10. The molecule has 154 valence electrons. The molecule has 1 aliphatic rings. The Morgan fingerprint density at radius 2 is 1.97 bits per heavy atom. The molecule has 9 nitrogen and oxygen atoms in total. The Morgan fingerprint density at radius 3 is 2.66 bits per heavy atom. The third-order valence-corrected chi connectivity index (χ3v) is 5.44. The van der Waals surface area contributed by atoms with Crippen LogP contribution in [0.5, 0.6) is 0 Å². The molecule has 4 heterocycles. The van der Waals surface area contributed by atoms with Gasteiger partial charge in [0, 0.05) is 49.4 Å². The molecule has 1 saturated heterocycles. The molecule has 0 aliphatic carbocycles. The van der Waals surface area contributed by atoms with Crippen LogP contribution < -0.4 is 10.5 Å². The second-order valence-corrected chi connectivity index (χ2v) is 8.84. The van der Waals surface area contributed by atoms with Crippen molar-refractivity contribution in [3.05, 3.63) is 46.4 Å². The Hall–Kier alpha value is -2.81. The van der Waals surface area contributed by atoms with Crippen LogP contribution in [0.2, 0.25) is 0 Å². The molecular weight excluding hydrogens is 368 g/mol. The summed E-state index contributed by atoms with van der Waals surface area (Å²) in [6.07, 6.45) is 1.63. The Balaban J connectivity index is 1.38. The van der Waals surface area contributed by atoms with Crippen LogP contribution in [0.25, 0.3) is 5.65 Å². The first-order valence-corrected chi connectivity index (χ1v) is 9.93.